The molecule has 11 heteroatoms. The number of rotatable bonds is 2. The normalized spacial score (nSPS) is 11.6. The van der Waals surface area contributed by atoms with Gasteiger partial charge in [-0.15, -0.1) is 3.63 Å². The summed E-state index contributed by atoms with van der Waals surface area (Å²) < 4.78 is 55.6. The highest BCUT2D eigenvalue weighted by molar-refractivity contribution is 7.94. The second-order valence-corrected chi connectivity index (χ2v) is 3.18. The van der Waals surface area contributed by atoms with Crippen LogP contribution in [0.15, 0.2) is 0 Å². The van der Waals surface area contributed by atoms with Crippen LogP contribution in [0, 0.1) is 0 Å². The Hall–Kier alpha value is 0.0300. The van der Waals surface area contributed by atoms with E-state index in [1.54, 1.807) is 0 Å². The fourth-order valence-corrected chi connectivity index (χ4v) is 0.978. The summed E-state index contributed by atoms with van der Waals surface area (Å²) in [6.45, 7) is 0. The van der Waals surface area contributed by atoms with Gasteiger partial charge in [0.2, 0.25) is 0 Å². The van der Waals surface area contributed by atoms with Crippen LogP contribution < -0.4 is 5.25 Å². The zero-order valence-electron chi connectivity index (χ0n) is 4.71. The summed E-state index contributed by atoms with van der Waals surface area (Å²) >= 11 is 4.14. The van der Waals surface area contributed by atoms with Crippen molar-refractivity contribution in [3.63, 3.8) is 0 Å². The summed E-state index contributed by atoms with van der Waals surface area (Å²) in [5, 5.41) is 3.97. The standard InChI is InChI=1S/ClH2N.H2O7S2/c1-2;1-8(2,3)7-9(4,5)6/h2H2;(H,1,2,3)(H,4,5,6). The minimum atomic E-state index is -5.12. The highest BCUT2D eigenvalue weighted by Gasteiger charge is 2.15. The minimum Gasteiger partial charge on any atom is -0.263 e. The molecule has 0 aromatic carbocycles. The lowest BCUT2D eigenvalue weighted by atomic mass is 14.0. The van der Waals surface area contributed by atoms with E-state index in [0.29, 0.717) is 0 Å². The average molecular weight is 230 g/mol. The van der Waals surface area contributed by atoms with E-state index in [0.717, 1.165) is 0 Å². The monoisotopic (exact) mass is 229 g/mol. The van der Waals surface area contributed by atoms with Crippen molar-refractivity contribution < 1.29 is 29.6 Å². The van der Waals surface area contributed by atoms with Crippen LogP contribution in [0.2, 0.25) is 0 Å². The largest absolute Gasteiger partial charge is 0.413 e. The molecule has 0 radical (unpaired) electrons. The van der Waals surface area contributed by atoms with Crippen molar-refractivity contribution in [2.45, 2.75) is 0 Å². The molecule has 4 N–H and O–H groups in total. The van der Waals surface area contributed by atoms with Gasteiger partial charge in [0.1, 0.15) is 0 Å². The van der Waals surface area contributed by atoms with Crippen molar-refractivity contribution >= 4 is 32.6 Å². The Morgan fingerprint density at radius 1 is 1.00 bits per heavy atom. The van der Waals surface area contributed by atoms with Crippen molar-refractivity contribution in [2.75, 3.05) is 0 Å². The first-order valence-electron chi connectivity index (χ1n) is 1.58. The first kappa shape index (κ1) is 13.6. The molecule has 0 fully saturated rings. The molecule has 0 saturated heterocycles. The summed E-state index contributed by atoms with van der Waals surface area (Å²) in [4.78, 5) is 0. The molecule has 0 rings (SSSR count). The molecule has 0 bridgehead atoms. The lowest BCUT2D eigenvalue weighted by molar-refractivity contribution is 0.344. The Morgan fingerprint density at radius 3 is 1.18 bits per heavy atom. The molecule has 0 aromatic heterocycles. The van der Waals surface area contributed by atoms with E-state index >= 15 is 0 Å². The maximum absolute atomic E-state index is 9.44. The SMILES string of the molecule is NCl.O=S(=O)(O)OS(=O)(=O)O. The molecule has 0 heterocycles. The van der Waals surface area contributed by atoms with Crippen molar-refractivity contribution in [1.82, 2.24) is 0 Å². The van der Waals surface area contributed by atoms with Crippen LogP contribution in [-0.2, 0) is 24.4 Å². The molecular weight excluding hydrogens is 226 g/mol. The maximum Gasteiger partial charge on any atom is 0.413 e. The lowest BCUT2D eigenvalue weighted by Gasteiger charge is -1.89. The van der Waals surface area contributed by atoms with Crippen molar-refractivity contribution in [3.05, 3.63) is 0 Å². The van der Waals surface area contributed by atoms with E-state index in [1.165, 1.54) is 0 Å². The van der Waals surface area contributed by atoms with Crippen LogP contribution in [0.3, 0.4) is 0 Å². The fourth-order valence-electron chi connectivity index (χ4n) is 0.109. The van der Waals surface area contributed by atoms with Gasteiger partial charge in [0.25, 0.3) is 0 Å². The molecule has 11 heavy (non-hydrogen) atoms. The van der Waals surface area contributed by atoms with Crippen LogP contribution in [0.5, 0.6) is 0 Å². The number of halogens is 1. The second-order valence-electron chi connectivity index (χ2n) is 0.924. The third-order valence-electron chi connectivity index (χ3n) is 0.172. The highest BCUT2D eigenvalue weighted by Crippen LogP contribution is 1.91. The third kappa shape index (κ3) is 17.8. The lowest BCUT2D eigenvalue weighted by Crippen LogP contribution is -2.10. The van der Waals surface area contributed by atoms with Gasteiger partial charge in [-0.25, -0.2) is 5.25 Å². The van der Waals surface area contributed by atoms with E-state index < -0.39 is 20.8 Å². The summed E-state index contributed by atoms with van der Waals surface area (Å²) in [5.74, 6) is 0. The van der Waals surface area contributed by atoms with E-state index in [1.807, 2.05) is 0 Å². The minimum absolute atomic E-state index is 2.68. The zero-order valence-corrected chi connectivity index (χ0v) is 7.10. The Labute approximate surface area is 67.9 Å². The van der Waals surface area contributed by atoms with E-state index in [4.69, 9.17) is 9.11 Å². The molecular formula is H4ClNO7S2. The summed E-state index contributed by atoms with van der Waals surface area (Å²) in [7, 11) is -10.2. The Bertz CT molecular complexity index is 242. The Morgan fingerprint density at radius 2 is 1.18 bits per heavy atom. The van der Waals surface area contributed by atoms with Gasteiger partial charge in [-0.1, -0.05) is 0 Å². The van der Waals surface area contributed by atoms with E-state index in [2.05, 4.69) is 20.7 Å². The predicted molar refractivity (Wildman–Crippen MR) is 34.2 cm³/mol. The van der Waals surface area contributed by atoms with Crippen LogP contribution in [0.4, 0.5) is 0 Å². The molecule has 0 atom stereocenters. The average Bonchev–Trinajstić information content (AvgIpc) is 1.60. The molecule has 0 amide bonds. The topological polar surface area (TPSA) is 144 Å². The maximum atomic E-state index is 9.44. The molecule has 0 aromatic rings. The van der Waals surface area contributed by atoms with Gasteiger partial charge in [0, 0.05) is 0 Å². The van der Waals surface area contributed by atoms with Gasteiger partial charge in [0.15, 0.2) is 0 Å². The summed E-state index contributed by atoms with van der Waals surface area (Å²) in [6, 6.07) is 0. The van der Waals surface area contributed by atoms with E-state index in [9.17, 15) is 16.8 Å². The first-order valence-corrected chi connectivity index (χ1v) is 4.75. The molecule has 0 spiro atoms. The molecule has 0 aliphatic heterocycles. The molecule has 0 saturated carbocycles. The zero-order chi connectivity index (χ0) is 9.71. The quantitative estimate of drug-likeness (QED) is 0.392. The number of hydrogen-bond acceptors (Lipinski definition) is 6. The molecule has 70 valence electrons. The van der Waals surface area contributed by atoms with E-state index in [-0.39, 0.29) is 0 Å². The van der Waals surface area contributed by atoms with Crippen molar-refractivity contribution in [3.8, 4) is 0 Å². The molecule has 0 unspecified atom stereocenters. The van der Waals surface area contributed by atoms with Gasteiger partial charge in [-0.3, -0.25) is 9.11 Å². The van der Waals surface area contributed by atoms with Gasteiger partial charge >= 0.3 is 20.8 Å². The van der Waals surface area contributed by atoms with Gasteiger partial charge in [-0.2, -0.15) is 16.8 Å². The van der Waals surface area contributed by atoms with Crippen molar-refractivity contribution in [1.29, 1.82) is 0 Å². The number of hydrogen-bond donors (Lipinski definition) is 3. The Kier molecular flexibility index (Phi) is 5.96. The van der Waals surface area contributed by atoms with Crippen LogP contribution >= 0.6 is 11.8 Å². The predicted octanol–water partition coefficient (Wildman–Crippen LogP) is -1.29. The van der Waals surface area contributed by atoms with Gasteiger partial charge < -0.3 is 0 Å². The van der Waals surface area contributed by atoms with Gasteiger partial charge in [-0.05, 0) is 11.8 Å². The summed E-state index contributed by atoms with van der Waals surface area (Å²) in [5.41, 5.74) is 0. The molecule has 8 nitrogen and oxygen atoms in total. The molecule has 0 aliphatic carbocycles. The Balaban J connectivity index is 0. The van der Waals surface area contributed by atoms with Crippen molar-refractivity contribution in [2.24, 2.45) is 5.25 Å². The van der Waals surface area contributed by atoms with Crippen LogP contribution in [-0.4, -0.2) is 25.9 Å². The first-order chi connectivity index (χ1) is 4.71. The molecule has 0 aliphatic rings. The van der Waals surface area contributed by atoms with Crippen LogP contribution in [0.1, 0.15) is 0 Å². The smallest absolute Gasteiger partial charge is 0.263 e. The van der Waals surface area contributed by atoms with Crippen LogP contribution in [0.25, 0.3) is 0 Å². The second kappa shape index (κ2) is 4.82. The fraction of sp³-hybridized carbons (Fsp3) is 0. The summed E-state index contributed by atoms with van der Waals surface area (Å²) in [6.07, 6.45) is 0. The third-order valence-corrected chi connectivity index (χ3v) is 1.55. The van der Waals surface area contributed by atoms with Gasteiger partial charge in [0.05, 0.1) is 0 Å². The highest BCUT2D eigenvalue weighted by atomic mass is 35.5. The number of nitrogens with two attached hydrogens (primary N) is 1.